The molecule has 142 valence electrons. The van der Waals surface area contributed by atoms with Gasteiger partial charge < -0.3 is 4.74 Å². The Balaban J connectivity index is 1.37. The molecule has 4 nitrogen and oxygen atoms in total. The molecule has 0 aromatic heterocycles. The van der Waals surface area contributed by atoms with E-state index in [0.717, 1.165) is 33.7 Å². The minimum atomic E-state index is -0.291. The number of rotatable bonds is 5. The molecule has 0 atom stereocenters. The summed E-state index contributed by atoms with van der Waals surface area (Å²) in [4.78, 5) is 12.1. The maximum atomic E-state index is 12.1. The number of benzene rings is 3. The Morgan fingerprint density at radius 3 is 2.82 bits per heavy atom. The van der Waals surface area contributed by atoms with E-state index in [1.54, 1.807) is 6.21 Å². The van der Waals surface area contributed by atoms with Crippen LogP contribution in [0.4, 0.5) is 0 Å². The van der Waals surface area contributed by atoms with Crippen LogP contribution in [0, 0.1) is 0 Å². The third-order valence-electron chi connectivity index (χ3n) is 5.00. The van der Waals surface area contributed by atoms with E-state index in [0.29, 0.717) is 5.75 Å². The van der Waals surface area contributed by atoms with Crippen LogP contribution in [0.1, 0.15) is 29.5 Å². The minimum absolute atomic E-state index is 0.0791. The van der Waals surface area contributed by atoms with E-state index in [1.165, 1.54) is 24.0 Å². The highest BCUT2D eigenvalue weighted by Gasteiger charge is 2.16. The maximum absolute atomic E-state index is 12.1. The first-order valence-electron chi connectivity index (χ1n) is 9.45. The van der Waals surface area contributed by atoms with Crippen molar-refractivity contribution in [3.05, 3.63) is 75.8 Å². The number of carbonyl (C=O) groups is 1. The molecule has 0 aliphatic heterocycles. The normalized spacial score (nSPS) is 13.5. The smallest absolute Gasteiger partial charge is 0.277 e. The standard InChI is InChI=1S/C23H21BrN2O2/c24-23-20-11-4-2-7-17(20)12-13-21(23)28-15-22(27)26-25-14-18-9-5-8-16-6-1-3-10-19(16)18/h1,3,5-6,8-10,12-14H,2,4,7,11,15H2,(H,26,27)/b25-14+. The average Bonchev–Trinajstić information content (AvgIpc) is 2.74. The van der Waals surface area contributed by atoms with E-state index in [2.05, 4.69) is 44.7 Å². The highest BCUT2D eigenvalue weighted by Crippen LogP contribution is 2.35. The number of hydrazone groups is 1. The number of carbonyl (C=O) groups excluding carboxylic acids is 1. The molecule has 4 rings (SSSR count). The SMILES string of the molecule is O=C(COc1ccc2c(c1Br)CCCC2)N/N=C/c1cccc2ccccc12. The van der Waals surface area contributed by atoms with Crippen LogP contribution in [-0.4, -0.2) is 18.7 Å². The number of nitrogens with one attached hydrogen (secondary N) is 1. The molecule has 0 saturated carbocycles. The Hall–Kier alpha value is -2.66. The second-order valence-electron chi connectivity index (χ2n) is 6.87. The van der Waals surface area contributed by atoms with Gasteiger partial charge in [0.05, 0.1) is 10.7 Å². The monoisotopic (exact) mass is 436 g/mol. The zero-order valence-electron chi connectivity index (χ0n) is 15.5. The van der Waals surface area contributed by atoms with E-state index in [1.807, 2.05) is 36.4 Å². The number of hydrogen-bond acceptors (Lipinski definition) is 3. The molecule has 5 heteroatoms. The summed E-state index contributed by atoms with van der Waals surface area (Å²) >= 11 is 3.64. The van der Waals surface area contributed by atoms with Crippen molar-refractivity contribution in [2.45, 2.75) is 25.7 Å². The Labute approximate surface area is 172 Å². The molecular formula is C23H21BrN2O2. The molecule has 1 aliphatic rings. The summed E-state index contributed by atoms with van der Waals surface area (Å²) in [7, 11) is 0. The molecule has 0 bridgehead atoms. The van der Waals surface area contributed by atoms with Gasteiger partial charge in [0.1, 0.15) is 5.75 Å². The van der Waals surface area contributed by atoms with Crippen LogP contribution < -0.4 is 10.2 Å². The van der Waals surface area contributed by atoms with Crippen LogP contribution >= 0.6 is 15.9 Å². The van der Waals surface area contributed by atoms with Crippen LogP contribution in [0.3, 0.4) is 0 Å². The highest BCUT2D eigenvalue weighted by molar-refractivity contribution is 9.10. The van der Waals surface area contributed by atoms with Gasteiger partial charge in [0, 0.05) is 5.56 Å². The Morgan fingerprint density at radius 2 is 1.89 bits per heavy atom. The van der Waals surface area contributed by atoms with Gasteiger partial charge in [0.15, 0.2) is 6.61 Å². The third-order valence-corrected chi connectivity index (χ3v) is 5.87. The molecule has 3 aromatic rings. The van der Waals surface area contributed by atoms with Crippen molar-refractivity contribution in [2.75, 3.05) is 6.61 Å². The second kappa shape index (κ2) is 8.57. The number of fused-ring (bicyclic) bond motifs is 2. The molecular weight excluding hydrogens is 416 g/mol. The van der Waals surface area contributed by atoms with Gasteiger partial charge in [-0.1, -0.05) is 48.5 Å². The van der Waals surface area contributed by atoms with Gasteiger partial charge in [-0.3, -0.25) is 4.79 Å². The minimum Gasteiger partial charge on any atom is -0.483 e. The van der Waals surface area contributed by atoms with Gasteiger partial charge in [-0.15, -0.1) is 0 Å². The Morgan fingerprint density at radius 1 is 1.07 bits per heavy atom. The lowest BCUT2D eigenvalue weighted by atomic mass is 9.92. The van der Waals surface area contributed by atoms with Crippen LogP contribution in [0.2, 0.25) is 0 Å². The summed E-state index contributed by atoms with van der Waals surface area (Å²) in [6.07, 6.45) is 6.25. The summed E-state index contributed by atoms with van der Waals surface area (Å²) < 4.78 is 6.67. The van der Waals surface area contributed by atoms with E-state index < -0.39 is 0 Å². The van der Waals surface area contributed by atoms with Gasteiger partial charge in [-0.05, 0) is 69.6 Å². The zero-order valence-corrected chi connectivity index (χ0v) is 17.0. The number of nitrogens with zero attached hydrogens (tertiary/aromatic N) is 1. The summed E-state index contributed by atoms with van der Waals surface area (Å²) in [5.41, 5.74) is 6.17. The number of aryl methyl sites for hydroxylation is 1. The van der Waals surface area contributed by atoms with Crippen molar-refractivity contribution in [3.8, 4) is 5.75 Å². The predicted molar refractivity (Wildman–Crippen MR) is 116 cm³/mol. The highest BCUT2D eigenvalue weighted by atomic mass is 79.9. The third kappa shape index (κ3) is 4.09. The topological polar surface area (TPSA) is 50.7 Å². The van der Waals surface area contributed by atoms with Gasteiger partial charge in [0.25, 0.3) is 5.91 Å². The molecule has 28 heavy (non-hydrogen) atoms. The quantitative estimate of drug-likeness (QED) is 0.451. The van der Waals surface area contributed by atoms with Crippen molar-refractivity contribution in [1.82, 2.24) is 5.43 Å². The predicted octanol–water partition coefficient (Wildman–Crippen LogP) is 5.01. The lowest BCUT2D eigenvalue weighted by Gasteiger charge is -2.19. The van der Waals surface area contributed by atoms with Gasteiger partial charge >= 0.3 is 0 Å². The molecule has 1 N–H and O–H groups in total. The van der Waals surface area contributed by atoms with Crippen LogP contribution in [0.25, 0.3) is 10.8 Å². The first kappa shape index (κ1) is 18.7. The second-order valence-corrected chi connectivity index (χ2v) is 7.67. The fourth-order valence-electron chi connectivity index (χ4n) is 3.59. The fraction of sp³-hybridized carbons (Fsp3) is 0.217. The van der Waals surface area contributed by atoms with Crippen LogP contribution in [-0.2, 0) is 17.6 Å². The molecule has 0 heterocycles. The fourth-order valence-corrected chi connectivity index (χ4v) is 4.28. The molecule has 0 saturated heterocycles. The molecule has 1 amide bonds. The largest absolute Gasteiger partial charge is 0.483 e. The van der Waals surface area contributed by atoms with Crippen molar-refractivity contribution in [1.29, 1.82) is 0 Å². The molecule has 0 radical (unpaired) electrons. The first-order chi connectivity index (χ1) is 13.7. The number of ether oxygens (including phenoxy) is 1. The molecule has 0 spiro atoms. The summed E-state index contributed by atoms with van der Waals surface area (Å²) in [5, 5.41) is 6.31. The summed E-state index contributed by atoms with van der Waals surface area (Å²) in [5.74, 6) is 0.412. The van der Waals surface area contributed by atoms with Gasteiger partial charge in [-0.2, -0.15) is 5.10 Å². The number of amides is 1. The Bertz CT molecular complexity index is 1040. The van der Waals surface area contributed by atoms with Gasteiger partial charge in [-0.25, -0.2) is 5.43 Å². The molecule has 3 aromatic carbocycles. The zero-order chi connectivity index (χ0) is 19.3. The van der Waals surface area contributed by atoms with Crippen LogP contribution in [0.5, 0.6) is 5.75 Å². The van der Waals surface area contributed by atoms with Crippen molar-refractivity contribution >= 4 is 38.8 Å². The summed E-state index contributed by atoms with van der Waals surface area (Å²) in [6, 6.07) is 18.1. The Kier molecular flexibility index (Phi) is 5.72. The lowest BCUT2D eigenvalue weighted by Crippen LogP contribution is -2.24. The molecule has 0 fully saturated rings. The van der Waals surface area contributed by atoms with Gasteiger partial charge in [0.2, 0.25) is 0 Å². The van der Waals surface area contributed by atoms with Crippen molar-refractivity contribution in [2.24, 2.45) is 5.10 Å². The van der Waals surface area contributed by atoms with E-state index in [-0.39, 0.29) is 12.5 Å². The van der Waals surface area contributed by atoms with Crippen molar-refractivity contribution in [3.63, 3.8) is 0 Å². The number of hydrogen-bond donors (Lipinski definition) is 1. The van der Waals surface area contributed by atoms with E-state index in [9.17, 15) is 4.79 Å². The molecule has 1 aliphatic carbocycles. The van der Waals surface area contributed by atoms with E-state index >= 15 is 0 Å². The molecule has 0 unspecified atom stereocenters. The first-order valence-corrected chi connectivity index (χ1v) is 10.2. The average molecular weight is 437 g/mol. The van der Waals surface area contributed by atoms with Crippen LogP contribution in [0.15, 0.2) is 64.2 Å². The lowest BCUT2D eigenvalue weighted by molar-refractivity contribution is -0.123. The maximum Gasteiger partial charge on any atom is 0.277 e. The summed E-state index contributed by atoms with van der Waals surface area (Å²) in [6.45, 7) is -0.0791. The van der Waals surface area contributed by atoms with Crippen molar-refractivity contribution < 1.29 is 9.53 Å². The number of halogens is 1. The van der Waals surface area contributed by atoms with E-state index in [4.69, 9.17) is 4.74 Å².